The van der Waals surface area contributed by atoms with Gasteiger partial charge in [-0.25, -0.2) is 4.98 Å². The summed E-state index contributed by atoms with van der Waals surface area (Å²) in [6.07, 6.45) is 2.33. The zero-order chi connectivity index (χ0) is 18.3. The first kappa shape index (κ1) is 17.0. The first-order chi connectivity index (χ1) is 12.5. The highest BCUT2D eigenvalue weighted by Crippen LogP contribution is 2.35. The number of fused-ring (bicyclic) bond motifs is 1. The molecule has 0 saturated carbocycles. The third-order valence-corrected chi connectivity index (χ3v) is 4.78. The molecule has 0 fully saturated rings. The molecule has 7 heteroatoms. The third-order valence-electron chi connectivity index (χ3n) is 4.53. The van der Waals surface area contributed by atoms with E-state index in [1.165, 1.54) is 0 Å². The van der Waals surface area contributed by atoms with Crippen molar-refractivity contribution in [1.82, 2.24) is 15.1 Å². The van der Waals surface area contributed by atoms with Crippen molar-refractivity contribution in [2.75, 3.05) is 7.11 Å². The molecule has 0 N–H and O–H groups in total. The molecule has 3 aromatic rings. The molecule has 1 aliphatic rings. The second kappa shape index (κ2) is 6.37. The van der Waals surface area contributed by atoms with Gasteiger partial charge in [0.15, 0.2) is 0 Å². The van der Waals surface area contributed by atoms with E-state index in [1.54, 1.807) is 25.4 Å². The maximum absolute atomic E-state index is 5.98. The van der Waals surface area contributed by atoms with Gasteiger partial charge in [-0.15, -0.1) is 0 Å². The summed E-state index contributed by atoms with van der Waals surface area (Å²) in [6.45, 7) is 3.99. The maximum Gasteiger partial charge on any atom is 0.259 e. The Balaban J connectivity index is 1.65. The smallest absolute Gasteiger partial charge is 0.259 e. The minimum atomic E-state index is -0.428. The van der Waals surface area contributed by atoms with Crippen LogP contribution in [0.2, 0.25) is 5.02 Å². The highest BCUT2D eigenvalue weighted by Gasteiger charge is 2.38. The molecule has 0 unspecified atom stereocenters. The Morgan fingerprint density at radius 2 is 1.96 bits per heavy atom. The highest BCUT2D eigenvalue weighted by molar-refractivity contribution is 6.30. The van der Waals surface area contributed by atoms with E-state index in [9.17, 15) is 0 Å². The minimum Gasteiger partial charge on any atom is -0.469 e. The molecule has 0 amide bonds. The zero-order valence-corrected chi connectivity index (χ0v) is 15.4. The second-order valence-corrected chi connectivity index (χ2v) is 7.19. The van der Waals surface area contributed by atoms with Crippen molar-refractivity contribution < 1.29 is 14.0 Å². The molecule has 134 valence electrons. The van der Waals surface area contributed by atoms with E-state index in [4.69, 9.17) is 25.6 Å². The van der Waals surface area contributed by atoms with E-state index in [-0.39, 0.29) is 6.10 Å². The number of benzene rings is 1. The lowest BCUT2D eigenvalue weighted by molar-refractivity contribution is -0.0668. The monoisotopic (exact) mass is 371 g/mol. The molecule has 2 aromatic heterocycles. The van der Waals surface area contributed by atoms with Gasteiger partial charge in [-0.3, -0.25) is 0 Å². The van der Waals surface area contributed by atoms with Gasteiger partial charge in [0.05, 0.1) is 5.56 Å². The molecule has 0 spiro atoms. The van der Waals surface area contributed by atoms with Crippen LogP contribution in [-0.4, -0.2) is 33.9 Å². The van der Waals surface area contributed by atoms with Crippen molar-refractivity contribution in [2.24, 2.45) is 0 Å². The SMILES string of the molecule is CO[C@H]1Cc2cc(-c3nc(-c4ccc(Cl)cc4)no3)cnc2OC1(C)C. The Hall–Kier alpha value is -2.44. The van der Waals surface area contributed by atoms with Crippen molar-refractivity contribution in [3.63, 3.8) is 0 Å². The molecule has 4 rings (SSSR count). The van der Waals surface area contributed by atoms with Crippen LogP contribution in [-0.2, 0) is 11.2 Å². The number of methoxy groups -OCH3 is 1. The summed E-state index contributed by atoms with van der Waals surface area (Å²) in [4.78, 5) is 8.89. The standard InChI is InChI=1S/C19H18ClN3O3/c1-19(2)15(24-3)9-12-8-13(10-21-17(12)25-19)18-22-16(23-26-18)11-4-6-14(20)7-5-11/h4-8,10,15H,9H2,1-3H3/t15-/m0/s1. The molecule has 0 saturated heterocycles. The summed E-state index contributed by atoms with van der Waals surface area (Å²) in [5.74, 6) is 1.52. The largest absolute Gasteiger partial charge is 0.469 e. The fourth-order valence-electron chi connectivity index (χ4n) is 3.04. The Morgan fingerprint density at radius 3 is 2.69 bits per heavy atom. The summed E-state index contributed by atoms with van der Waals surface area (Å²) in [7, 11) is 1.69. The number of rotatable bonds is 3. The Labute approximate surface area is 156 Å². The first-order valence-corrected chi connectivity index (χ1v) is 8.65. The first-order valence-electron chi connectivity index (χ1n) is 8.27. The van der Waals surface area contributed by atoms with Crippen molar-refractivity contribution in [1.29, 1.82) is 0 Å². The van der Waals surface area contributed by atoms with E-state index >= 15 is 0 Å². The summed E-state index contributed by atoms with van der Waals surface area (Å²) in [5, 5.41) is 4.71. The number of pyridine rings is 1. The average Bonchev–Trinajstić information content (AvgIpc) is 3.11. The van der Waals surface area contributed by atoms with Gasteiger partial charge in [0.1, 0.15) is 11.7 Å². The Morgan fingerprint density at radius 1 is 1.19 bits per heavy atom. The van der Waals surface area contributed by atoms with E-state index in [2.05, 4.69) is 15.1 Å². The fraction of sp³-hybridized carbons (Fsp3) is 0.316. The van der Waals surface area contributed by atoms with E-state index in [0.717, 1.165) is 16.7 Å². The van der Waals surface area contributed by atoms with Crippen LogP contribution in [0.1, 0.15) is 19.4 Å². The fourth-order valence-corrected chi connectivity index (χ4v) is 3.16. The zero-order valence-electron chi connectivity index (χ0n) is 14.7. The molecule has 1 atom stereocenters. The number of hydrogen-bond donors (Lipinski definition) is 0. The van der Waals surface area contributed by atoms with Crippen LogP contribution >= 0.6 is 11.6 Å². The van der Waals surface area contributed by atoms with Gasteiger partial charge in [-0.05, 0) is 44.2 Å². The van der Waals surface area contributed by atoms with Crippen molar-refractivity contribution >= 4 is 11.6 Å². The van der Waals surface area contributed by atoms with Crippen LogP contribution in [0.15, 0.2) is 41.1 Å². The number of halogens is 1. The van der Waals surface area contributed by atoms with Crippen LogP contribution in [0.25, 0.3) is 22.8 Å². The number of ether oxygens (including phenoxy) is 2. The minimum absolute atomic E-state index is 0.0561. The molecular formula is C19H18ClN3O3. The van der Waals surface area contributed by atoms with Gasteiger partial charge in [0.25, 0.3) is 5.89 Å². The van der Waals surface area contributed by atoms with Crippen molar-refractivity contribution in [3.05, 3.63) is 47.1 Å². The normalized spacial score (nSPS) is 18.2. The summed E-state index contributed by atoms with van der Waals surface area (Å²) >= 11 is 5.92. The predicted molar refractivity (Wildman–Crippen MR) is 97.2 cm³/mol. The van der Waals surface area contributed by atoms with Crippen LogP contribution in [0, 0.1) is 0 Å². The predicted octanol–water partition coefficient (Wildman–Crippen LogP) is 4.18. The molecule has 6 nitrogen and oxygen atoms in total. The van der Waals surface area contributed by atoms with Crippen molar-refractivity contribution in [3.8, 4) is 28.7 Å². The third kappa shape index (κ3) is 3.06. The summed E-state index contributed by atoms with van der Waals surface area (Å²) < 4.78 is 17.0. The van der Waals surface area contributed by atoms with E-state index in [1.807, 2.05) is 32.0 Å². The highest BCUT2D eigenvalue weighted by atomic mass is 35.5. The topological polar surface area (TPSA) is 70.3 Å². The number of hydrogen-bond acceptors (Lipinski definition) is 6. The molecule has 0 radical (unpaired) electrons. The van der Waals surface area contributed by atoms with Crippen LogP contribution in [0.5, 0.6) is 5.88 Å². The molecule has 3 heterocycles. The van der Waals surface area contributed by atoms with E-state index in [0.29, 0.717) is 29.0 Å². The summed E-state index contributed by atoms with van der Waals surface area (Å²) in [6, 6.07) is 9.24. The van der Waals surface area contributed by atoms with Crippen LogP contribution in [0.4, 0.5) is 0 Å². The lowest BCUT2D eigenvalue weighted by atomic mass is 9.92. The number of nitrogens with zero attached hydrogens (tertiary/aromatic N) is 3. The Kier molecular flexibility index (Phi) is 4.17. The van der Waals surface area contributed by atoms with Crippen LogP contribution < -0.4 is 4.74 Å². The second-order valence-electron chi connectivity index (χ2n) is 6.75. The lowest BCUT2D eigenvalue weighted by Gasteiger charge is -2.38. The van der Waals surface area contributed by atoms with Crippen LogP contribution in [0.3, 0.4) is 0 Å². The average molecular weight is 372 g/mol. The maximum atomic E-state index is 5.98. The van der Waals surface area contributed by atoms with Gasteiger partial charge in [-0.1, -0.05) is 16.8 Å². The molecule has 1 aromatic carbocycles. The van der Waals surface area contributed by atoms with Gasteiger partial charge >= 0.3 is 0 Å². The molecule has 0 aliphatic carbocycles. The quantitative estimate of drug-likeness (QED) is 0.687. The van der Waals surface area contributed by atoms with Crippen molar-refractivity contribution in [2.45, 2.75) is 32.0 Å². The van der Waals surface area contributed by atoms with Gasteiger partial charge in [0, 0.05) is 35.9 Å². The summed E-state index contributed by atoms with van der Waals surface area (Å²) in [5.41, 5.74) is 2.11. The molecule has 1 aliphatic heterocycles. The molecule has 0 bridgehead atoms. The lowest BCUT2D eigenvalue weighted by Crippen LogP contribution is -2.47. The number of aromatic nitrogens is 3. The Bertz CT molecular complexity index is 937. The van der Waals surface area contributed by atoms with Gasteiger partial charge in [0.2, 0.25) is 11.7 Å². The molecular weight excluding hydrogens is 354 g/mol. The van der Waals surface area contributed by atoms with E-state index < -0.39 is 5.60 Å². The van der Waals surface area contributed by atoms with Gasteiger partial charge < -0.3 is 14.0 Å². The molecule has 26 heavy (non-hydrogen) atoms. The van der Waals surface area contributed by atoms with Gasteiger partial charge in [-0.2, -0.15) is 4.98 Å².